The van der Waals surface area contributed by atoms with Crippen LogP contribution < -0.4 is 10.5 Å². The van der Waals surface area contributed by atoms with E-state index in [4.69, 9.17) is 11.6 Å². The molecule has 4 nitrogen and oxygen atoms in total. The van der Waals surface area contributed by atoms with Crippen molar-refractivity contribution < 1.29 is 4.79 Å². The molecule has 0 saturated heterocycles. The van der Waals surface area contributed by atoms with Crippen molar-refractivity contribution >= 4 is 34.1 Å². The first kappa shape index (κ1) is 19.0. The SMILES string of the molecule is Cc1ccc(N(Cc2cc3ccccc3[nH]c2=O)C(=O)c2cccc(Cl)c2)cc1. The molecule has 4 aromatic rings. The zero-order chi connectivity index (χ0) is 20.4. The van der Waals surface area contributed by atoms with Gasteiger partial charge < -0.3 is 9.88 Å². The summed E-state index contributed by atoms with van der Waals surface area (Å²) >= 11 is 6.09. The molecule has 1 aromatic heterocycles. The van der Waals surface area contributed by atoms with E-state index in [2.05, 4.69) is 4.98 Å². The van der Waals surface area contributed by atoms with Crippen LogP contribution in [0.2, 0.25) is 5.02 Å². The van der Waals surface area contributed by atoms with Crippen LogP contribution >= 0.6 is 11.6 Å². The summed E-state index contributed by atoms with van der Waals surface area (Å²) in [5.74, 6) is -0.219. The number of fused-ring (bicyclic) bond motifs is 1. The number of anilines is 1. The second-order valence-corrected chi connectivity index (χ2v) is 7.38. The number of hydrogen-bond acceptors (Lipinski definition) is 2. The van der Waals surface area contributed by atoms with Gasteiger partial charge in [0.15, 0.2) is 0 Å². The van der Waals surface area contributed by atoms with Gasteiger partial charge in [-0.25, -0.2) is 0 Å². The first-order valence-electron chi connectivity index (χ1n) is 9.26. The first-order chi connectivity index (χ1) is 14.0. The minimum absolute atomic E-state index is 0.147. The van der Waals surface area contributed by atoms with Crippen molar-refractivity contribution in [3.8, 4) is 0 Å². The van der Waals surface area contributed by atoms with Gasteiger partial charge in [-0.15, -0.1) is 0 Å². The largest absolute Gasteiger partial charge is 0.322 e. The third-order valence-electron chi connectivity index (χ3n) is 4.82. The van der Waals surface area contributed by atoms with E-state index in [1.807, 2.05) is 61.5 Å². The highest BCUT2D eigenvalue weighted by molar-refractivity contribution is 6.31. The molecule has 1 N–H and O–H groups in total. The molecule has 0 atom stereocenters. The maximum absolute atomic E-state index is 13.3. The maximum Gasteiger partial charge on any atom is 0.258 e. The Morgan fingerprint density at radius 2 is 1.72 bits per heavy atom. The predicted octanol–water partition coefficient (Wildman–Crippen LogP) is 5.34. The number of para-hydroxylation sites is 1. The molecule has 1 heterocycles. The number of aromatic nitrogens is 1. The summed E-state index contributed by atoms with van der Waals surface area (Å²) < 4.78 is 0. The number of amides is 1. The van der Waals surface area contributed by atoms with Gasteiger partial charge >= 0.3 is 0 Å². The van der Waals surface area contributed by atoms with Crippen molar-refractivity contribution in [3.63, 3.8) is 0 Å². The van der Waals surface area contributed by atoms with Crippen molar-refractivity contribution in [3.05, 3.63) is 111 Å². The van der Waals surface area contributed by atoms with Gasteiger partial charge in [-0.05, 0) is 54.8 Å². The number of benzene rings is 3. The Morgan fingerprint density at radius 1 is 0.966 bits per heavy atom. The zero-order valence-electron chi connectivity index (χ0n) is 15.9. The lowest BCUT2D eigenvalue weighted by Crippen LogP contribution is -2.32. The van der Waals surface area contributed by atoms with Crippen LogP contribution in [0.3, 0.4) is 0 Å². The van der Waals surface area contributed by atoms with Gasteiger partial charge in [0.25, 0.3) is 11.5 Å². The number of rotatable bonds is 4. The molecule has 0 fully saturated rings. The minimum Gasteiger partial charge on any atom is -0.322 e. The highest BCUT2D eigenvalue weighted by Crippen LogP contribution is 2.22. The summed E-state index contributed by atoms with van der Waals surface area (Å²) in [6.07, 6.45) is 0. The van der Waals surface area contributed by atoms with E-state index in [0.29, 0.717) is 21.8 Å². The molecule has 0 saturated carbocycles. The van der Waals surface area contributed by atoms with Crippen LogP contribution in [-0.2, 0) is 6.54 Å². The topological polar surface area (TPSA) is 53.2 Å². The molecule has 29 heavy (non-hydrogen) atoms. The average molecular weight is 403 g/mol. The Bertz CT molecular complexity index is 1250. The number of nitrogens with zero attached hydrogens (tertiary/aromatic N) is 1. The number of aromatic amines is 1. The van der Waals surface area contributed by atoms with E-state index in [1.165, 1.54) is 0 Å². The number of nitrogens with one attached hydrogen (secondary N) is 1. The van der Waals surface area contributed by atoms with E-state index in [1.54, 1.807) is 29.2 Å². The quantitative estimate of drug-likeness (QED) is 0.501. The summed E-state index contributed by atoms with van der Waals surface area (Å²) in [6.45, 7) is 2.13. The van der Waals surface area contributed by atoms with Crippen molar-refractivity contribution in [2.75, 3.05) is 4.90 Å². The van der Waals surface area contributed by atoms with E-state index < -0.39 is 0 Å². The molecule has 0 radical (unpaired) electrons. The fourth-order valence-corrected chi connectivity index (χ4v) is 3.45. The average Bonchev–Trinajstić information content (AvgIpc) is 2.72. The molecule has 5 heteroatoms. The number of hydrogen-bond donors (Lipinski definition) is 1. The van der Waals surface area contributed by atoms with Gasteiger partial charge in [0.1, 0.15) is 0 Å². The van der Waals surface area contributed by atoms with Crippen LogP contribution in [0.5, 0.6) is 0 Å². The van der Waals surface area contributed by atoms with Crippen molar-refractivity contribution in [2.24, 2.45) is 0 Å². The Morgan fingerprint density at radius 3 is 2.48 bits per heavy atom. The lowest BCUT2D eigenvalue weighted by molar-refractivity contribution is 0.0985. The number of halogens is 1. The smallest absolute Gasteiger partial charge is 0.258 e. The highest BCUT2D eigenvalue weighted by Gasteiger charge is 2.20. The summed E-state index contributed by atoms with van der Waals surface area (Å²) in [6, 6.07) is 23.9. The molecule has 0 aliphatic heterocycles. The zero-order valence-corrected chi connectivity index (χ0v) is 16.6. The third-order valence-corrected chi connectivity index (χ3v) is 5.06. The van der Waals surface area contributed by atoms with Gasteiger partial charge in [-0.1, -0.05) is 53.6 Å². The summed E-state index contributed by atoms with van der Waals surface area (Å²) in [4.78, 5) is 30.5. The molecule has 0 bridgehead atoms. The highest BCUT2D eigenvalue weighted by atomic mass is 35.5. The monoisotopic (exact) mass is 402 g/mol. The third kappa shape index (κ3) is 4.08. The van der Waals surface area contributed by atoms with Crippen LogP contribution in [0, 0.1) is 6.92 Å². The van der Waals surface area contributed by atoms with Gasteiger partial charge in [0.05, 0.1) is 6.54 Å². The van der Waals surface area contributed by atoms with Gasteiger partial charge in [0.2, 0.25) is 0 Å². The second kappa shape index (κ2) is 7.94. The van der Waals surface area contributed by atoms with Crippen LogP contribution in [0.15, 0.2) is 83.7 Å². The lowest BCUT2D eigenvalue weighted by Gasteiger charge is -2.23. The van der Waals surface area contributed by atoms with Crippen LogP contribution in [0.1, 0.15) is 21.5 Å². The van der Waals surface area contributed by atoms with Crippen LogP contribution in [-0.4, -0.2) is 10.9 Å². The van der Waals surface area contributed by atoms with E-state index in [9.17, 15) is 9.59 Å². The lowest BCUT2D eigenvalue weighted by atomic mass is 10.1. The molecule has 0 aliphatic rings. The Hall–Kier alpha value is -3.37. The number of aryl methyl sites for hydroxylation is 1. The molecule has 0 spiro atoms. The van der Waals surface area contributed by atoms with Crippen molar-refractivity contribution in [1.82, 2.24) is 4.98 Å². The standard InChI is InChI=1S/C24H19ClN2O2/c1-16-9-11-21(12-10-16)27(24(29)18-6-4-7-20(25)14-18)15-19-13-17-5-2-3-8-22(17)26-23(19)28/h2-14H,15H2,1H3,(H,26,28). The fraction of sp³-hybridized carbons (Fsp3) is 0.0833. The molecule has 0 unspecified atom stereocenters. The fourth-order valence-electron chi connectivity index (χ4n) is 3.26. The molecule has 4 rings (SSSR count). The Labute approximate surface area is 173 Å². The summed E-state index contributed by atoms with van der Waals surface area (Å²) in [7, 11) is 0. The van der Waals surface area contributed by atoms with E-state index >= 15 is 0 Å². The number of carbonyl (C=O) groups is 1. The van der Waals surface area contributed by atoms with Crippen LogP contribution in [0.4, 0.5) is 5.69 Å². The molecule has 144 valence electrons. The normalized spacial score (nSPS) is 10.8. The maximum atomic E-state index is 13.3. The number of pyridine rings is 1. The first-order valence-corrected chi connectivity index (χ1v) is 9.64. The van der Waals surface area contributed by atoms with Crippen molar-refractivity contribution in [2.45, 2.75) is 13.5 Å². The van der Waals surface area contributed by atoms with Crippen LogP contribution in [0.25, 0.3) is 10.9 Å². The molecular weight excluding hydrogens is 384 g/mol. The van der Waals surface area contributed by atoms with Crippen molar-refractivity contribution in [1.29, 1.82) is 0 Å². The van der Waals surface area contributed by atoms with E-state index in [-0.39, 0.29) is 18.0 Å². The summed E-state index contributed by atoms with van der Waals surface area (Å²) in [5, 5.41) is 1.41. The predicted molar refractivity (Wildman–Crippen MR) is 118 cm³/mol. The molecule has 1 amide bonds. The van der Waals surface area contributed by atoms with Gasteiger partial charge in [0, 0.05) is 27.4 Å². The van der Waals surface area contributed by atoms with E-state index in [0.717, 1.165) is 16.5 Å². The Balaban J connectivity index is 1.78. The Kier molecular flexibility index (Phi) is 5.19. The molecular formula is C24H19ClN2O2. The van der Waals surface area contributed by atoms with Gasteiger partial charge in [-0.3, -0.25) is 9.59 Å². The number of H-pyrrole nitrogens is 1. The summed E-state index contributed by atoms with van der Waals surface area (Å²) in [5.41, 5.74) is 3.35. The second-order valence-electron chi connectivity index (χ2n) is 6.95. The minimum atomic E-state index is -0.219. The molecule has 3 aromatic carbocycles. The number of carbonyl (C=O) groups excluding carboxylic acids is 1. The molecule has 0 aliphatic carbocycles. The van der Waals surface area contributed by atoms with Gasteiger partial charge in [-0.2, -0.15) is 0 Å².